The van der Waals surface area contributed by atoms with E-state index >= 15 is 0 Å². The van der Waals surface area contributed by atoms with Crippen molar-refractivity contribution in [3.8, 4) is 11.1 Å². The normalized spacial score (nSPS) is 20.1. The Morgan fingerprint density at radius 2 is 1.52 bits per heavy atom. The van der Waals surface area contributed by atoms with Crippen molar-refractivity contribution in [2.45, 2.75) is 70.6 Å². The zero-order valence-corrected chi connectivity index (χ0v) is 35.8. The van der Waals surface area contributed by atoms with E-state index in [0.29, 0.717) is 5.92 Å². The van der Waals surface area contributed by atoms with Crippen molar-refractivity contribution in [2.75, 3.05) is 4.90 Å². The van der Waals surface area contributed by atoms with E-state index in [2.05, 4.69) is 199 Å². The molecule has 9 rings (SSSR count). The lowest BCUT2D eigenvalue weighted by atomic mass is 9.83. The third kappa shape index (κ3) is 9.10. The van der Waals surface area contributed by atoms with Crippen LogP contribution in [-0.2, 0) is 0 Å². The van der Waals surface area contributed by atoms with Gasteiger partial charge in [0.15, 0.2) is 0 Å². The third-order valence-electron chi connectivity index (χ3n) is 12.3. The summed E-state index contributed by atoms with van der Waals surface area (Å²) in [5, 5.41) is 7.64. The molecule has 0 saturated heterocycles. The van der Waals surface area contributed by atoms with Gasteiger partial charge < -0.3 is 9.88 Å². The van der Waals surface area contributed by atoms with E-state index in [1.165, 1.54) is 64.1 Å². The number of benzene rings is 3. The summed E-state index contributed by atoms with van der Waals surface area (Å²) in [6.45, 7) is 11.8. The summed E-state index contributed by atoms with van der Waals surface area (Å²) in [4.78, 5) is 6.13. The number of H-pyrrole nitrogens is 1. The number of para-hydroxylation sites is 2. The van der Waals surface area contributed by atoms with Crippen LogP contribution in [0, 0.1) is 5.92 Å². The number of nitrogens with one attached hydrogen (secondary N) is 1. The molecule has 3 aromatic carbocycles. The molecule has 3 atom stereocenters. The molecule has 5 aliphatic rings. The molecular formula is C57H58N4. The van der Waals surface area contributed by atoms with Crippen molar-refractivity contribution in [3.63, 3.8) is 0 Å². The van der Waals surface area contributed by atoms with Crippen molar-refractivity contribution < 1.29 is 0 Å². The number of aromatic amines is 1. The molecule has 61 heavy (non-hydrogen) atoms. The fourth-order valence-corrected chi connectivity index (χ4v) is 9.20. The number of hydrogen-bond donors (Lipinski definition) is 1. The first-order chi connectivity index (χ1) is 30.1. The molecule has 0 amide bonds. The molecule has 3 unspecified atom stereocenters. The van der Waals surface area contributed by atoms with Crippen LogP contribution in [0.5, 0.6) is 0 Å². The van der Waals surface area contributed by atoms with Gasteiger partial charge in [0.2, 0.25) is 0 Å². The van der Waals surface area contributed by atoms with Crippen molar-refractivity contribution in [1.29, 1.82) is 0 Å². The highest BCUT2D eigenvalue weighted by molar-refractivity contribution is 5.97. The minimum atomic E-state index is 0.128. The van der Waals surface area contributed by atoms with Gasteiger partial charge in [-0.2, -0.15) is 5.10 Å². The number of anilines is 2. The maximum atomic E-state index is 5.46. The smallest absolute Gasteiger partial charge is 0.0719 e. The van der Waals surface area contributed by atoms with E-state index < -0.39 is 0 Å². The van der Waals surface area contributed by atoms with Crippen LogP contribution in [0.2, 0.25) is 0 Å². The van der Waals surface area contributed by atoms with Gasteiger partial charge in [0.25, 0.3) is 0 Å². The Kier molecular flexibility index (Phi) is 13.2. The molecule has 1 aromatic heterocycles. The minimum Gasteiger partial charge on any atom is -0.364 e. The zero-order chi connectivity index (χ0) is 42.0. The monoisotopic (exact) mass is 798 g/mol. The molecular weight excluding hydrogens is 741 g/mol. The molecule has 4 bridgehead atoms. The van der Waals surface area contributed by atoms with Gasteiger partial charge in [-0.3, -0.25) is 0 Å². The van der Waals surface area contributed by atoms with Crippen molar-refractivity contribution in [2.24, 2.45) is 11.0 Å². The Labute approximate surface area is 363 Å². The lowest BCUT2D eigenvalue weighted by molar-refractivity contribution is 0.441. The molecule has 0 spiro atoms. The van der Waals surface area contributed by atoms with Crippen LogP contribution in [0.1, 0.15) is 93.0 Å². The maximum Gasteiger partial charge on any atom is 0.0719 e. The molecule has 0 saturated carbocycles. The van der Waals surface area contributed by atoms with E-state index in [1.54, 1.807) is 6.08 Å². The zero-order valence-electron chi connectivity index (χ0n) is 35.8. The Bertz CT molecular complexity index is 2550. The SMILES string of the molecule is C=C/C=C(\C=N/N(C1=CCC(c2ccccc2)C=C1)C1=CC=C(C2=CCC(C)CC2)CC1)N1c2ccccc2-c2ccccc[nH]c3c2C=CCC3c2ccccc21.C=CC. The summed E-state index contributed by atoms with van der Waals surface area (Å²) < 4.78 is 0. The van der Waals surface area contributed by atoms with Gasteiger partial charge in [-0.05, 0) is 122 Å². The van der Waals surface area contributed by atoms with Crippen LogP contribution in [-0.4, -0.2) is 16.2 Å². The van der Waals surface area contributed by atoms with E-state index in [9.17, 15) is 0 Å². The van der Waals surface area contributed by atoms with Crippen LogP contribution in [0.4, 0.5) is 11.4 Å². The van der Waals surface area contributed by atoms with Gasteiger partial charge in [-0.25, -0.2) is 5.01 Å². The predicted octanol–water partition coefficient (Wildman–Crippen LogP) is 15.3. The summed E-state index contributed by atoms with van der Waals surface area (Å²) in [6, 6.07) is 37.0. The second-order valence-electron chi connectivity index (χ2n) is 16.4. The van der Waals surface area contributed by atoms with Crippen LogP contribution in [0.3, 0.4) is 0 Å². The Hall–Kier alpha value is -6.65. The van der Waals surface area contributed by atoms with Gasteiger partial charge in [-0.1, -0.05) is 147 Å². The van der Waals surface area contributed by atoms with Crippen LogP contribution in [0.25, 0.3) is 17.2 Å². The summed E-state index contributed by atoms with van der Waals surface area (Å²) in [5.74, 6) is 1.24. The van der Waals surface area contributed by atoms with Gasteiger partial charge in [0.1, 0.15) is 0 Å². The molecule has 1 aliphatic heterocycles. The second kappa shape index (κ2) is 19.6. The lowest BCUT2D eigenvalue weighted by Crippen LogP contribution is -2.23. The standard InChI is InChI=1S/C54H52N4.C3H6/c1-3-15-46(57-52-23-11-9-19-48(52)47-18-8-5-13-37-55-54-50(47)21-14-22-51(54)49-20-10-12-24-53(49)57)38-56-58(44-33-29-42(30-34-44)40-16-6-4-7-17-40)45-35-31-43(32-36-45)41-27-25-39(2)26-28-41;1-3-2/h3-21,23-24,27,29,31,33-35,37-39,42,51,55H,1,22,25-26,28,30,32,36H2,2H3;3H,1H2,2H3/b8-5?,37-13?,46-15+,47-18?,56-38-;. The highest BCUT2D eigenvalue weighted by Crippen LogP contribution is 2.48. The fourth-order valence-electron chi connectivity index (χ4n) is 9.20. The summed E-state index contributed by atoms with van der Waals surface area (Å²) >= 11 is 0. The summed E-state index contributed by atoms with van der Waals surface area (Å²) in [5.41, 5.74) is 15.8. The van der Waals surface area contributed by atoms with Gasteiger partial charge >= 0.3 is 0 Å². The number of rotatable bonds is 8. The third-order valence-corrected chi connectivity index (χ3v) is 12.3. The van der Waals surface area contributed by atoms with Crippen molar-refractivity contribution >= 4 is 23.7 Å². The molecule has 1 N–H and O–H groups in total. The maximum absolute atomic E-state index is 5.46. The Morgan fingerprint density at radius 3 is 2.28 bits per heavy atom. The number of fused-ring (bicyclic) bond motifs is 4. The van der Waals surface area contributed by atoms with E-state index in [1.807, 2.05) is 19.2 Å². The second-order valence-corrected chi connectivity index (χ2v) is 16.4. The minimum absolute atomic E-state index is 0.128. The summed E-state index contributed by atoms with van der Waals surface area (Å²) in [6.07, 6.45) is 36.0. The van der Waals surface area contributed by atoms with Gasteiger partial charge in [-0.15, -0.1) is 6.58 Å². The highest BCUT2D eigenvalue weighted by Gasteiger charge is 2.30. The Balaban J connectivity index is 0.00000166. The number of allylic oxidation sites excluding steroid dienone is 14. The highest BCUT2D eigenvalue weighted by atomic mass is 15.5. The van der Waals surface area contributed by atoms with Gasteiger partial charge in [0, 0.05) is 40.6 Å². The van der Waals surface area contributed by atoms with Crippen LogP contribution >= 0.6 is 0 Å². The molecule has 0 radical (unpaired) electrons. The molecule has 306 valence electrons. The molecule has 2 heterocycles. The topological polar surface area (TPSA) is 34.6 Å². The Morgan fingerprint density at radius 1 is 0.770 bits per heavy atom. The number of hydrazone groups is 1. The largest absolute Gasteiger partial charge is 0.364 e. The van der Waals surface area contributed by atoms with E-state index in [4.69, 9.17) is 5.10 Å². The van der Waals surface area contributed by atoms with Crippen LogP contribution in [0.15, 0.2) is 217 Å². The first-order valence-electron chi connectivity index (χ1n) is 22.0. The summed E-state index contributed by atoms with van der Waals surface area (Å²) in [7, 11) is 0. The van der Waals surface area contributed by atoms with E-state index in [0.717, 1.165) is 59.9 Å². The lowest BCUT2D eigenvalue weighted by Gasteiger charge is -2.32. The van der Waals surface area contributed by atoms with E-state index in [-0.39, 0.29) is 5.92 Å². The van der Waals surface area contributed by atoms with Crippen molar-refractivity contribution in [1.82, 2.24) is 9.99 Å². The molecule has 4 aromatic rings. The number of nitrogens with zero attached hydrogens (tertiary/aromatic N) is 3. The molecule has 0 fully saturated rings. The quantitative estimate of drug-likeness (QED) is 0.0834. The van der Waals surface area contributed by atoms with Crippen LogP contribution < -0.4 is 4.90 Å². The first-order valence-corrected chi connectivity index (χ1v) is 22.0. The molecule has 4 heteroatoms. The predicted molar refractivity (Wildman–Crippen MR) is 260 cm³/mol. The average molecular weight is 799 g/mol. The number of aromatic nitrogens is 1. The number of hydrogen-bond acceptors (Lipinski definition) is 3. The molecule has 4 aliphatic carbocycles. The fraction of sp³-hybridized carbons (Fsp3) is 0.211. The average Bonchev–Trinajstić information content (AvgIpc) is 3.42. The van der Waals surface area contributed by atoms with Gasteiger partial charge in [0.05, 0.1) is 29.0 Å². The van der Waals surface area contributed by atoms with Crippen molar-refractivity contribution in [3.05, 3.63) is 234 Å². The molecule has 4 nitrogen and oxygen atoms in total. The first kappa shape index (κ1) is 41.1.